The lowest BCUT2D eigenvalue weighted by atomic mass is 10.1. The van der Waals surface area contributed by atoms with Crippen LogP contribution in [-0.4, -0.2) is 68.0 Å². The average Bonchev–Trinajstić information content (AvgIpc) is 3.16. The van der Waals surface area contributed by atoms with Crippen molar-refractivity contribution < 1.29 is 28.6 Å². The summed E-state index contributed by atoms with van der Waals surface area (Å²) >= 11 is 0.811. The highest BCUT2D eigenvalue weighted by atomic mass is 32.2. The van der Waals surface area contributed by atoms with Crippen LogP contribution in [0.5, 0.6) is 11.5 Å². The summed E-state index contributed by atoms with van der Waals surface area (Å²) in [5.41, 5.74) is 2.34. The smallest absolute Gasteiger partial charge is 0.294 e. The van der Waals surface area contributed by atoms with Crippen LogP contribution < -0.4 is 19.7 Å². The summed E-state index contributed by atoms with van der Waals surface area (Å²) < 4.78 is 16.9. The summed E-state index contributed by atoms with van der Waals surface area (Å²) in [5.74, 6) is 0.608. The predicted molar refractivity (Wildman–Crippen MR) is 149 cm³/mol. The zero-order valence-corrected chi connectivity index (χ0v) is 22.7. The van der Waals surface area contributed by atoms with E-state index in [-0.39, 0.29) is 11.4 Å². The monoisotopic (exact) mass is 539 g/mol. The van der Waals surface area contributed by atoms with Gasteiger partial charge in [-0.3, -0.25) is 19.3 Å². The first-order valence-electron chi connectivity index (χ1n) is 12.7. The number of amides is 3. The molecule has 2 aliphatic heterocycles. The number of morpholine rings is 1. The number of anilines is 2. The second-order valence-electron chi connectivity index (χ2n) is 9.31. The highest BCUT2D eigenvalue weighted by Crippen LogP contribution is 2.35. The number of hydrogen-bond donors (Lipinski definition) is 1. The maximum Gasteiger partial charge on any atom is 0.294 e. The molecule has 2 heterocycles. The molecular formula is C28H33N3O6S. The number of imide groups is 1. The van der Waals surface area contributed by atoms with E-state index in [0.717, 1.165) is 35.4 Å². The summed E-state index contributed by atoms with van der Waals surface area (Å²) in [5, 5.41) is 2.28. The fourth-order valence-electron chi connectivity index (χ4n) is 3.97. The number of carbonyl (C=O) groups is 3. The van der Waals surface area contributed by atoms with Gasteiger partial charge in [-0.25, -0.2) is 0 Å². The SMILES string of the molecule is CCOc1cc(/C=C2\SC(=O)N(CC(=O)Nc3ccc(N4CCOCC4)cc3)C2=O)ccc1OCC(C)C. The Hall–Kier alpha value is -3.50. The molecule has 2 aliphatic rings. The molecule has 1 N–H and O–H groups in total. The fraction of sp³-hybridized carbons (Fsp3) is 0.393. The number of carbonyl (C=O) groups excluding carboxylic acids is 3. The number of nitrogens with zero attached hydrogens (tertiary/aromatic N) is 2. The van der Waals surface area contributed by atoms with E-state index in [1.165, 1.54) is 0 Å². The van der Waals surface area contributed by atoms with Crippen molar-refractivity contribution in [1.29, 1.82) is 0 Å². The summed E-state index contributed by atoms with van der Waals surface area (Å²) in [6.45, 7) is 9.69. The molecule has 0 aromatic heterocycles. The van der Waals surface area contributed by atoms with E-state index in [9.17, 15) is 14.4 Å². The van der Waals surface area contributed by atoms with E-state index >= 15 is 0 Å². The maximum absolute atomic E-state index is 12.9. The molecule has 0 spiro atoms. The normalized spacial score (nSPS) is 16.9. The molecule has 2 aromatic rings. The van der Waals surface area contributed by atoms with Crippen LogP contribution in [-0.2, 0) is 14.3 Å². The summed E-state index contributed by atoms with van der Waals surface area (Å²) in [4.78, 5) is 41.5. The van der Waals surface area contributed by atoms with Crippen LogP contribution in [0.3, 0.4) is 0 Å². The number of rotatable bonds is 10. The van der Waals surface area contributed by atoms with Gasteiger partial charge in [-0.2, -0.15) is 0 Å². The average molecular weight is 540 g/mol. The van der Waals surface area contributed by atoms with Gasteiger partial charge in [-0.05, 0) is 72.6 Å². The molecule has 4 rings (SSSR count). The quantitative estimate of drug-likeness (QED) is 0.437. The van der Waals surface area contributed by atoms with Gasteiger partial charge >= 0.3 is 0 Å². The first-order valence-corrected chi connectivity index (χ1v) is 13.5. The molecule has 9 nitrogen and oxygen atoms in total. The molecule has 202 valence electrons. The Kier molecular flexibility index (Phi) is 9.30. The highest BCUT2D eigenvalue weighted by Gasteiger charge is 2.36. The van der Waals surface area contributed by atoms with Gasteiger partial charge in [0.1, 0.15) is 6.54 Å². The van der Waals surface area contributed by atoms with Gasteiger partial charge < -0.3 is 24.4 Å². The van der Waals surface area contributed by atoms with Crippen molar-refractivity contribution in [1.82, 2.24) is 4.90 Å². The molecule has 0 aliphatic carbocycles. The van der Waals surface area contributed by atoms with Crippen LogP contribution in [0.4, 0.5) is 16.2 Å². The van der Waals surface area contributed by atoms with Gasteiger partial charge in [0.05, 0.1) is 31.3 Å². The van der Waals surface area contributed by atoms with Crippen LogP contribution in [0.25, 0.3) is 6.08 Å². The van der Waals surface area contributed by atoms with E-state index in [1.54, 1.807) is 36.4 Å². The summed E-state index contributed by atoms with van der Waals surface area (Å²) in [7, 11) is 0. The topological polar surface area (TPSA) is 97.4 Å². The van der Waals surface area contributed by atoms with Crippen LogP contribution in [0.2, 0.25) is 0 Å². The van der Waals surface area contributed by atoms with Gasteiger partial charge in [-0.1, -0.05) is 19.9 Å². The van der Waals surface area contributed by atoms with E-state index in [4.69, 9.17) is 14.2 Å². The number of thioether (sulfide) groups is 1. The Bertz CT molecular complexity index is 1190. The number of hydrogen-bond acceptors (Lipinski definition) is 8. The third kappa shape index (κ3) is 7.08. The minimum atomic E-state index is -0.504. The molecule has 0 unspecified atom stereocenters. The van der Waals surface area contributed by atoms with Gasteiger partial charge in [0.15, 0.2) is 11.5 Å². The first-order chi connectivity index (χ1) is 18.3. The Morgan fingerprint density at radius 1 is 1.08 bits per heavy atom. The molecule has 0 saturated carbocycles. The maximum atomic E-state index is 12.9. The minimum absolute atomic E-state index is 0.246. The molecule has 10 heteroatoms. The number of benzene rings is 2. The third-order valence-electron chi connectivity index (χ3n) is 5.84. The molecule has 2 saturated heterocycles. The zero-order valence-electron chi connectivity index (χ0n) is 21.9. The molecule has 2 fully saturated rings. The number of nitrogens with one attached hydrogen (secondary N) is 1. The van der Waals surface area contributed by atoms with Crippen molar-refractivity contribution in [2.45, 2.75) is 20.8 Å². The van der Waals surface area contributed by atoms with Gasteiger partial charge in [0.2, 0.25) is 5.91 Å². The van der Waals surface area contributed by atoms with Gasteiger partial charge in [0, 0.05) is 24.5 Å². The lowest BCUT2D eigenvalue weighted by Gasteiger charge is -2.28. The zero-order chi connectivity index (χ0) is 27.1. The van der Waals surface area contributed by atoms with E-state index in [0.29, 0.717) is 55.1 Å². The van der Waals surface area contributed by atoms with E-state index in [2.05, 4.69) is 24.1 Å². The minimum Gasteiger partial charge on any atom is -0.490 e. The van der Waals surface area contributed by atoms with Crippen LogP contribution >= 0.6 is 11.8 Å². The molecule has 0 atom stereocenters. The Balaban J connectivity index is 1.38. The van der Waals surface area contributed by atoms with Crippen molar-refractivity contribution in [2.24, 2.45) is 5.92 Å². The number of ether oxygens (including phenoxy) is 3. The Morgan fingerprint density at radius 3 is 2.50 bits per heavy atom. The molecule has 0 radical (unpaired) electrons. The first kappa shape index (κ1) is 27.5. The molecule has 3 amide bonds. The van der Waals surface area contributed by atoms with Crippen molar-refractivity contribution in [3.05, 3.63) is 52.9 Å². The van der Waals surface area contributed by atoms with Crippen molar-refractivity contribution >= 4 is 46.3 Å². The predicted octanol–water partition coefficient (Wildman–Crippen LogP) is 4.63. The molecule has 2 aromatic carbocycles. The third-order valence-corrected chi connectivity index (χ3v) is 6.75. The summed E-state index contributed by atoms with van der Waals surface area (Å²) in [6, 6.07) is 12.8. The standard InChI is InChI=1S/C28H33N3O6S/c1-4-36-24-15-20(5-10-23(24)37-18-19(2)3)16-25-27(33)31(28(34)38-25)17-26(32)29-21-6-8-22(9-7-21)30-11-13-35-14-12-30/h5-10,15-16,19H,4,11-14,17-18H2,1-3H3,(H,29,32)/b25-16-. The van der Waals surface area contributed by atoms with Crippen molar-refractivity contribution in [2.75, 3.05) is 56.3 Å². The lowest BCUT2D eigenvalue weighted by molar-refractivity contribution is -0.127. The highest BCUT2D eigenvalue weighted by molar-refractivity contribution is 8.18. The second-order valence-corrected chi connectivity index (χ2v) is 10.3. The lowest BCUT2D eigenvalue weighted by Crippen LogP contribution is -2.36. The summed E-state index contributed by atoms with van der Waals surface area (Å²) in [6.07, 6.45) is 1.63. The van der Waals surface area contributed by atoms with E-state index < -0.39 is 17.1 Å². The molecular weight excluding hydrogens is 506 g/mol. The van der Waals surface area contributed by atoms with Gasteiger partial charge in [0.25, 0.3) is 11.1 Å². The second kappa shape index (κ2) is 12.8. The Labute approximate surface area is 227 Å². The molecule has 0 bridgehead atoms. The molecule has 38 heavy (non-hydrogen) atoms. The van der Waals surface area contributed by atoms with Crippen molar-refractivity contribution in [3.63, 3.8) is 0 Å². The van der Waals surface area contributed by atoms with E-state index in [1.807, 2.05) is 19.1 Å². The van der Waals surface area contributed by atoms with Crippen LogP contribution in [0, 0.1) is 5.92 Å². The van der Waals surface area contributed by atoms with Crippen LogP contribution in [0.15, 0.2) is 47.4 Å². The largest absolute Gasteiger partial charge is 0.490 e. The van der Waals surface area contributed by atoms with Gasteiger partial charge in [-0.15, -0.1) is 0 Å². The van der Waals surface area contributed by atoms with Crippen molar-refractivity contribution in [3.8, 4) is 11.5 Å². The van der Waals surface area contributed by atoms with Crippen LogP contribution in [0.1, 0.15) is 26.3 Å². The Morgan fingerprint density at radius 2 is 1.82 bits per heavy atom. The fourth-order valence-corrected chi connectivity index (χ4v) is 4.81.